The number of hydrogen-bond acceptors (Lipinski definition) is 3. The summed E-state index contributed by atoms with van der Waals surface area (Å²) >= 11 is 3.47. The van der Waals surface area contributed by atoms with Gasteiger partial charge in [-0.2, -0.15) is 0 Å². The third-order valence-corrected chi connectivity index (χ3v) is 4.70. The van der Waals surface area contributed by atoms with Crippen molar-refractivity contribution in [3.05, 3.63) is 53.6 Å². The lowest BCUT2D eigenvalue weighted by atomic mass is 10.0. The van der Waals surface area contributed by atoms with Crippen molar-refractivity contribution >= 4 is 15.9 Å². The van der Waals surface area contributed by atoms with Crippen LogP contribution in [-0.4, -0.2) is 26.2 Å². The molecule has 1 aromatic carbocycles. The Morgan fingerprint density at radius 1 is 1.12 bits per heavy atom. The van der Waals surface area contributed by atoms with Crippen LogP contribution in [0.25, 0.3) is 0 Å². The number of alkyl halides is 1. The highest BCUT2D eigenvalue weighted by Gasteiger charge is 2.13. The molecule has 0 saturated carbocycles. The van der Waals surface area contributed by atoms with E-state index in [0.29, 0.717) is 12.4 Å². The zero-order valence-electron chi connectivity index (χ0n) is 15.7. The first-order valence-electron chi connectivity index (χ1n) is 8.41. The first kappa shape index (κ1) is 21.4. The van der Waals surface area contributed by atoms with Crippen molar-refractivity contribution in [1.82, 2.24) is 0 Å². The summed E-state index contributed by atoms with van der Waals surface area (Å²) in [6.07, 6.45) is 9.12. The Kier molecular flexibility index (Phi) is 10.1. The second-order valence-corrected chi connectivity index (χ2v) is 6.46. The highest BCUT2D eigenvalue weighted by Crippen LogP contribution is 2.36. The van der Waals surface area contributed by atoms with Gasteiger partial charge in [-0.1, -0.05) is 51.9 Å². The standard InChI is InChI=1S/C21H29BrO3/c1-6-12-25-20-14-19(23-4)13-18(21(20)24-5)11-10-16(2)8-7-9-17(3)15-22/h6,9-10,13-14H,1,7-8,11-12,15H2,2-5H3/b16-10+,17-9+. The van der Waals surface area contributed by atoms with Crippen molar-refractivity contribution in [2.75, 3.05) is 26.2 Å². The summed E-state index contributed by atoms with van der Waals surface area (Å²) in [5, 5.41) is 0.935. The van der Waals surface area contributed by atoms with Gasteiger partial charge in [-0.15, -0.1) is 0 Å². The molecule has 0 aliphatic carbocycles. The average molecular weight is 409 g/mol. The molecule has 0 amide bonds. The lowest BCUT2D eigenvalue weighted by molar-refractivity contribution is 0.320. The molecular weight excluding hydrogens is 380 g/mol. The van der Waals surface area contributed by atoms with Crippen molar-refractivity contribution in [3.63, 3.8) is 0 Å². The van der Waals surface area contributed by atoms with Crippen LogP contribution in [0, 0.1) is 0 Å². The van der Waals surface area contributed by atoms with Gasteiger partial charge in [0.05, 0.1) is 14.2 Å². The SMILES string of the molecule is C=CCOc1cc(OC)cc(C/C=C(\C)CC/C=C(\C)CBr)c1OC. The molecule has 0 bridgehead atoms. The molecule has 25 heavy (non-hydrogen) atoms. The maximum absolute atomic E-state index is 5.71. The summed E-state index contributed by atoms with van der Waals surface area (Å²) in [6.45, 7) is 8.42. The molecule has 1 aromatic rings. The minimum Gasteiger partial charge on any atom is -0.497 e. The third-order valence-electron chi connectivity index (χ3n) is 3.81. The number of allylic oxidation sites excluding steroid dienone is 4. The van der Waals surface area contributed by atoms with Crippen LogP contribution in [0.2, 0.25) is 0 Å². The van der Waals surface area contributed by atoms with E-state index in [4.69, 9.17) is 14.2 Å². The monoisotopic (exact) mass is 408 g/mol. The van der Waals surface area contributed by atoms with Crippen LogP contribution in [0.3, 0.4) is 0 Å². The largest absolute Gasteiger partial charge is 0.497 e. The quantitative estimate of drug-likeness (QED) is 0.338. The lowest BCUT2D eigenvalue weighted by Gasteiger charge is -2.15. The van der Waals surface area contributed by atoms with Gasteiger partial charge >= 0.3 is 0 Å². The zero-order chi connectivity index (χ0) is 18.7. The summed E-state index contributed by atoms with van der Waals surface area (Å²) in [5.74, 6) is 2.19. The average Bonchev–Trinajstić information content (AvgIpc) is 2.63. The van der Waals surface area contributed by atoms with Crippen LogP contribution in [0.15, 0.2) is 48.1 Å². The van der Waals surface area contributed by atoms with Crippen LogP contribution in [0.1, 0.15) is 32.3 Å². The van der Waals surface area contributed by atoms with E-state index in [1.807, 2.05) is 12.1 Å². The molecule has 4 heteroatoms. The number of ether oxygens (including phenoxy) is 3. The Bertz CT molecular complexity index is 618. The predicted molar refractivity (Wildman–Crippen MR) is 109 cm³/mol. The van der Waals surface area contributed by atoms with E-state index in [0.717, 1.165) is 41.7 Å². The Morgan fingerprint density at radius 3 is 2.48 bits per heavy atom. The lowest BCUT2D eigenvalue weighted by Crippen LogP contribution is -2.00. The van der Waals surface area contributed by atoms with Gasteiger partial charge in [0.25, 0.3) is 0 Å². The molecular formula is C21H29BrO3. The molecule has 0 spiro atoms. The second-order valence-electron chi connectivity index (χ2n) is 5.89. The van der Waals surface area contributed by atoms with Gasteiger partial charge in [-0.05, 0) is 39.2 Å². The highest BCUT2D eigenvalue weighted by atomic mass is 79.9. The number of hydrogen-bond donors (Lipinski definition) is 0. The Hall–Kier alpha value is -1.68. The van der Waals surface area contributed by atoms with Gasteiger partial charge in [0, 0.05) is 17.0 Å². The van der Waals surface area contributed by atoms with E-state index >= 15 is 0 Å². The molecule has 0 aliphatic heterocycles. The molecule has 0 aliphatic rings. The molecule has 0 aromatic heterocycles. The van der Waals surface area contributed by atoms with E-state index < -0.39 is 0 Å². The van der Waals surface area contributed by atoms with Gasteiger partial charge < -0.3 is 14.2 Å². The van der Waals surface area contributed by atoms with Crippen LogP contribution in [0.4, 0.5) is 0 Å². The van der Waals surface area contributed by atoms with Crippen LogP contribution >= 0.6 is 15.9 Å². The van der Waals surface area contributed by atoms with E-state index in [1.165, 1.54) is 11.1 Å². The third kappa shape index (κ3) is 7.39. The fraction of sp³-hybridized carbons (Fsp3) is 0.429. The van der Waals surface area contributed by atoms with E-state index in [-0.39, 0.29) is 0 Å². The number of methoxy groups -OCH3 is 2. The normalized spacial score (nSPS) is 12.0. The summed E-state index contributed by atoms with van der Waals surface area (Å²) in [5.41, 5.74) is 3.77. The fourth-order valence-electron chi connectivity index (χ4n) is 2.38. The number of benzene rings is 1. The Morgan fingerprint density at radius 2 is 1.88 bits per heavy atom. The van der Waals surface area contributed by atoms with E-state index in [2.05, 4.69) is 48.5 Å². The minimum atomic E-state index is 0.428. The van der Waals surface area contributed by atoms with Gasteiger partial charge in [-0.3, -0.25) is 0 Å². The molecule has 1 rings (SSSR count). The highest BCUT2D eigenvalue weighted by molar-refractivity contribution is 9.09. The topological polar surface area (TPSA) is 27.7 Å². The predicted octanol–water partition coefficient (Wildman–Crippen LogP) is 5.88. The van der Waals surface area contributed by atoms with Gasteiger partial charge in [0.15, 0.2) is 11.5 Å². The smallest absolute Gasteiger partial charge is 0.165 e. The van der Waals surface area contributed by atoms with Crippen LogP contribution < -0.4 is 14.2 Å². The fourth-order valence-corrected chi connectivity index (χ4v) is 2.60. The molecule has 0 heterocycles. The minimum absolute atomic E-state index is 0.428. The van der Waals surface area contributed by atoms with Crippen molar-refractivity contribution < 1.29 is 14.2 Å². The molecule has 3 nitrogen and oxygen atoms in total. The summed E-state index contributed by atoms with van der Waals surface area (Å²) in [6, 6.07) is 3.84. The Labute approximate surface area is 160 Å². The van der Waals surface area contributed by atoms with Crippen molar-refractivity contribution in [3.8, 4) is 17.2 Å². The maximum atomic E-state index is 5.71. The zero-order valence-corrected chi connectivity index (χ0v) is 17.3. The van der Waals surface area contributed by atoms with Crippen molar-refractivity contribution in [2.45, 2.75) is 33.1 Å². The Balaban J connectivity index is 2.91. The molecule has 0 radical (unpaired) electrons. The van der Waals surface area contributed by atoms with Crippen molar-refractivity contribution in [2.24, 2.45) is 0 Å². The van der Waals surface area contributed by atoms with Crippen molar-refractivity contribution in [1.29, 1.82) is 0 Å². The molecule has 138 valence electrons. The first-order valence-corrected chi connectivity index (χ1v) is 9.53. The summed E-state index contributed by atoms with van der Waals surface area (Å²) in [4.78, 5) is 0. The van der Waals surface area contributed by atoms with E-state index in [1.54, 1.807) is 20.3 Å². The molecule has 0 fully saturated rings. The molecule has 0 unspecified atom stereocenters. The molecule has 0 N–H and O–H groups in total. The molecule has 0 atom stereocenters. The van der Waals surface area contributed by atoms with Crippen LogP contribution in [-0.2, 0) is 6.42 Å². The van der Waals surface area contributed by atoms with E-state index in [9.17, 15) is 0 Å². The second kappa shape index (κ2) is 11.8. The van der Waals surface area contributed by atoms with Gasteiger partial charge in [-0.25, -0.2) is 0 Å². The van der Waals surface area contributed by atoms with Gasteiger partial charge in [0.1, 0.15) is 12.4 Å². The number of halogens is 1. The van der Waals surface area contributed by atoms with Crippen LogP contribution in [0.5, 0.6) is 17.2 Å². The number of rotatable bonds is 11. The first-order chi connectivity index (χ1) is 12.0. The molecule has 0 saturated heterocycles. The summed E-state index contributed by atoms with van der Waals surface area (Å²) in [7, 11) is 3.32. The van der Waals surface area contributed by atoms with Gasteiger partial charge in [0.2, 0.25) is 0 Å². The summed E-state index contributed by atoms with van der Waals surface area (Å²) < 4.78 is 16.7. The maximum Gasteiger partial charge on any atom is 0.165 e.